The van der Waals surface area contributed by atoms with E-state index in [-0.39, 0.29) is 5.91 Å². The fraction of sp³-hybridized carbons (Fsp3) is 0.455. The number of thiazole rings is 1. The minimum atomic E-state index is 0.184. The molecule has 0 spiro atoms. The van der Waals surface area contributed by atoms with E-state index in [2.05, 4.69) is 46.5 Å². The van der Waals surface area contributed by atoms with Crippen molar-refractivity contribution in [1.29, 1.82) is 0 Å². The number of rotatable bonds is 7. The SMILES string of the molecule is CC1CCCC(C)N1C(=O)CSc1nnc(CNc2nc(-c3ccccc3)cs2)n1C. The number of carbonyl (C=O) groups excluding carboxylic acids is 1. The van der Waals surface area contributed by atoms with Crippen LogP contribution in [0.1, 0.15) is 38.9 Å². The molecule has 0 radical (unpaired) electrons. The predicted octanol–water partition coefficient (Wildman–Crippen LogP) is 4.43. The summed E-state index contributed by atoms with van der Waals surface area (Å²) in [6.45, 7) is 4.82. The van der Waals surface area contributed by atoms with Crippen molar-refractivity contribution in [2.45, 2.75) is 56.9 Å². The zero-order valence-electron chi connectivity index (χ0n) is 18.1. The Morgan fingerprint density at radius 3 is 2.68 bits per heavy atom. The minimum absolute atomic E-state index is 0.184. The zero-order valence-corrected chi connectivity index (χ0v) is 19.7. The summed E-state index contributed by atoms with van der Waals surface area (Å²) in [6.07, 6.45) is 3.37. The first kappa shape index (κ1) is 21.8. The van der Waals surface area contributed by atoms with Gasteiger partial charge in [-0.3, -0.25) is 4.79 Å². The van der Waals surface area contributed by atoms with Gasteiger partial charge in [-0.05, 0) is 33.1 Å². The Labute approximate surface area is 191 Å². The van der Waals surface area contributed by atoms with Crippen LogP contribution in [0.5, 0.6) is 0 Å². The Balaban J connectivity index is 1.32. The van der Waals surface area contributed by atoms with Crippen molar-refractivity contribution >= 4 is 34.1 Å². The molecule has 3 aromatic rings. The van der Waals surface area contributed by atoms with Crippen molar-refractivity contribution in [1.82, 2.24) is 24.6 Å². The maximum absolute atomic E-state index is 12.8. The highest BCUT2D eigenvalue weighted by Crippen LogP contribution is 2.26. The van der Waals surface area contributed by atoms with Crippen LogP contribution in [0, 0.1) is 0 Å². The molecule has 1 aliphatic heterocycles. The molecule has 1 fully saturated rings. The molecular weight excluding hydrogens is 428 g/mol. The highest BCUT2D eigenvalue weighted by molar-refractivity contribution is 7.99. The summed E-state index contributed by atoms with van der Waals surface area (Å²) in [7, 11) is 1.94. The monoisotopic (exact) mass is 456 g/mol. The molecule has 164 valence electrons. The molecule has 7 nitrogen and oxygen atoms in total. The third-order valence-corrected chi connectivity index (χ3v) is 7.51. The molecule has 9 heteroatoms. The molecule has 0 bridgehead atoms. The van der Waals surface area contributed by atoms with Gasteiger partial charge < -0.3 is 14.8 Å². The fourth-order valence-electron chi connectivity index (χ4n) is 3.99. The molecule has 2 aromatic heterocycles. The third-order valence-electron chi connectivity index (χ3n) is 5.70. The molecule has 1 aliphatic rings. The van der Waals surface area contributed by atoms with E-state index >= 15 is 0 Å². The highest BCUT2D eigenvalue weighted by Gasteiger charge is 2.29. The first-order valence-corrected chi connectivity index (χ1v) is 12.5. The average molecular weight is 457 g/mol. The summed E-state index contributed by atoms with van der Waals surface area (Å²) >= 11 is 3.03. The molecule has 4 rings (SSSR count). The first-order chi connectivity index (χ1) is 15.0. The Morgan fingerprint density at radius 1 is 1.19 bits per heavy atom. The number of carbonyl (C=O) groups is 1. The van der Waals surface area contributed by atoms with E-state index in [0.717, 1.165) is 40.2 Å². The second-order valence-electron chi connectivity index (χ2n) is 7.93. The van der Waals surface area contributed by atoms with Crippen molar-refractivity contribution < 1.29 is 4.79 Å². The largest absolute Gasteiger partial charge is 0.354 e. The van der Waals surface area contributed by atoms with E-state index in [9.17, 15) is 4.79 Å². The van der Waals surface area contributed by atoms with Crippen LogP contribution >= 0.6 is 23.1 Å². The number of nitrogens with zero attached hydrogens (tertiary/aromatic N) is 5. The Bertz CT molecular complexity index is 1010. The van der Waals surface area contributed by atoms with Gasteiger partial charge in [-0.25, -0.2) is 4.98 Å². The van der Waals surface area contributed by atoms with Crippen LogP contribution in [-0.2, 0) is 18.4 Å². The third kappa shape index (κ3) is 5.10. The molecular formula is C22H28N6OS2. The summed E-state index contributed by atoms with van der Waals surface area (Å²) in [4.78, 5) is 19.5. The van der Waals surface area contributed by atoms with Gasteiger partial charge in [0.1, 0.15) is 0 Å². The quantitative estimate of drug-likeness (QED) is 0.530. The van der Waals surface area contributed by atoms with E-state index in [0.29, 0.717) is 24.4 Å². The number of thioether (sulfide) groups is 1. The number of nitrogens with one attached hydrogen (secondary N) is 1. The van der Waals surface area contributed by atoms with Gasteiger partial charge >= 0.3 is 0 Å². The molecule has 2 unspecified atom stereocenters. The van der Waals surface area contributed by atoms with Crippen LogP contribution in [0.25, 0.3) is 11.3 Å². The molecule has 1 saturated heterocycles. The van der Waals surface area contributed by atoms with Gasteiger partial charge in [0.05, 0.1) is 18.0 Å². The first-order valence-electron chi connectivity index (χ1n) is 10.6. The second kappa shape index (κ2) is 9.82. The van der Waals surface area contributed by atoms with Crippen LogP contribution < -0.4 is 5.32 Å². The molecule has 3 heterocycles. The average Bonchev–Trinajstić information content (AvgIpc) is 3.38. The number of hydrogen-bond donors (Lipinski definition) is 1. The Morgan fingerprint density at radius 2 is 1.94 bits per heavy atom. The molecule has 1 N–H and O–H groups in total. The molecule has 1 aromatic carbocycles. The fourth-order valence-corrected chi connectivity index (χ4v) is 5.51. The van der Waals surface area contributed by atoms with Crippen molar-refractivity contribution in [3.8, 4) is 11.3 Å². The van der Waals surface area contributed by atoms with Gasteiger partial charge in [-0.2, -0.15) is 0 Å². The van der Waals surface area contributed by atoms with E-state index in [1.807, 2.05) is 40.1 Å². The van der Waals surface area contributed by atoms with E-state index in [1.165, 1.54) is 18.2 Å². The van der Waals surface area contributed by atoms with Crippen molar-refractivity contribution in [3.05, 3.63) is 41.5 Å². The normalized spacial score (nSPS) is 18.9. The highest BCUT2D eigenvalue weighted by atomic mass is 32.2. The van der Waals surface area contributed by atoms with Crippen molar-refractivity contribution in [3.63, 3.8) is 0 Å². The molecule has 2 atom stereocenters. The van der Waals surface area contributed by atoms with Crippen LogP contribution in [-0.4, -0.2) is 48.4 Å². The Kier molecular flexibility index (Phi) is 6.92. The summed E-state index contributed by atoms with van der Waals surface area (Å²) < 4.78 is 1.94. The van der Waals surface area contributed by atoms with Gasteiger partial charge in [-0.15, -0.1) is 21.5 Å². The van der Waals surface area contributed by atoms with Crippen molar-refractivity contribution in [2.24, 2.45) is 7.05 Å². The lowest BCUT2D eigenvalue weighted by atomic mass is 9.98. The summed E-state index contributed by atoms with van der Waals surface area (Å²) in [5, 5.41) is 15.6. The minimum Gasteiger partial charge on any atom is -0.354 e. The number of benzene rings is 1. The van der Waals surface area contributed by atoms with Crippen LogP contribution in [0.3, 0.4) is 0 Å². The number of amides is 1. The lowest BCUT2D eigenvalue weighted by Crippen LogP contribution is -2.48. The standard InChI is InChI=1S/C22H28N6OS2/c1-15-8-7-9-16(2)28(15)20(29)14-31-22-26-25-19(27(22)3)12-23-21-24-18(13-30-21)17-10-5-4-6-11-17/h4-6,10-11,13,15-16H,7-9,12,14H2,1-3H3,(H,23,24). The zero-order chi connectivity index (χ0) is 21.8. The number of anilines is 1. The predicted molar refractivity (Wildman–Crippen MR) is 126 cm³/mol. The van der Waals surface area contributed by atoms with Crippen LogP contribution in [0.15, 0.2) is 40.9 Å². The summed E-state index contributed by atoms with van der Waals surface area (Å²) in [5.41, 5.74) is 2.06. The second-order valence-corrected chi connectivity index (χ2v) is 9.73. The van der Waals surface area contributed by atoms with Gasteiger partial charge in [0, 0.05) is 30.1 Å². The van der Waals surface area contributed by atoms with Crippen LogP contribution in [0.2, 0.25) is 0 Å². The number of piperidine rings is 1. The topological polar surface area (TPSA) is 75.9 Å². The molecule has 31 heavy (non-hydrogen) atoms. The lowest BCUT2D eigenvalue weighted by Gasteiger charge is -2.39. The van der Waals surface area contributed by atoms with E-state index in [1.54, 1.807) is 11.3 Å². The lowest BCUT2D eigenvalue weighted by molar-refractivity contribution is -0.134. The molecule has 0 saturated carbocycles. The van der Waals surface area contributed by atoms with Gasteiger partial charge in [-0.1, -0.05) is 42.1 Å². The van der Waals surface area contributed by atoms with Gasteiger partial charge in [0.15, 0.2) is 16.1 Å². The van der Waals surface area contributed by atoms with Gasteiger partial charge in [0.2, 0.25) is 5.91 Å². The Hall–Kier alpha value is -2.39. The number of hydrogen-bond acceptors (Lipinski definition) is 7. The maximum Gasteiger partial charge on any atom is 0.233 e. The van der Waals surface area contributed by atoms with Crippen molar-refractivity contribution in [2.75, 3.05) is 11.1 Å². The van der Waals surface area contributed by atoms with E-state index in [4.69, 9.17) is 0 Å². The number of likely N-dealkylation sites (tertiary alicyclic amines) is 1. The van der Waals surface area contributed by atoms with Crippen LogP contribution in [0.4, 0.5) is 5.13 Å². The number of aromatic nitrogens is 4. The molecule has 1 amide bonds. The van der Waals surface area contributed by atoms with E-state index < -0.39 is 0 Å². The van der Waals surface area contributed by atoms with Gasteiger partial charge in [0.25, 0.3) is 0 Å². The smallest absolute Gasteiger partial charge is 0.233 e. The maximum atomic E-state index is 12.8. The summed E-state index contributed by atoms with van der Waals surface area (Å²) in [6, 6.07) is 10.8. The molecule has 0 aliphatic carbocycles. The summed E-state index contributed by atoms with van der Waals surface area (Å²) in [5.74, 6) is 1.38.